The van der Waals surface area contributed by atoms with Crippen LogP contribution in [0, 0.1) is 17.0 Å². The number of aliphatic hydroxyl groups is 3. The molecule has 5 heteroatoms. The van der Waals surface area contributed by atoms with Crippen molar-refractivity contribution in [1.29, 1.82) is 0 Å². The zero-order chi connectivity index (χ0) is 13.2. The molecule has 18 heavy (non-hydrogen) atoms. The summed E-state index contributed by atoms with van der Waals surface area (Å²) < 4.78 is 0. The Kier molecular flexibility index (Phi) is 19.8. The third-order valence-corrected chi connectivity index (χ3v) is 2.12. The topological polar surface area (TPSA) is 60.7 Å². The second-order valence-electron chi connectivity index (χ2n) is 4.85. The smallest absolute Gasteiger partial charge is 0.0557 e. The third kappa shape index (κ3) is 11.1. The van der Waals surface area contributed by atoms with Crippen molar-refractivity contribution in [3.63, 3.8) is 0 Å². The number of allylic oxidation sites excluding steroid dienone is 2. The molecule has 1 aliphatic rings. The van der Waals surface area contributed by atoms with Crippen LogP contribution in [0.25, 0.3) is 0 Å². The van der Waals surface area contributed by atoms with E-state index < -0.39 is 0 Å². The first-order chi connectivity index (χ1) is 7.47. The Morgan fingerprint density at radius 3 is 1.50 bits per heavy atom. The molecule has 0 saturated heterocycles. The molecule has 0 bridgehead atoms. The van der Waals surface area contributed by atoms with Crippen molar-refractivity contribution < 1.29 is 43.2 Å². The van der Waals surface area contributed by atoms with Gasteiger partial charge in [0.15, 0.2) is 0 Å². The third-order valence-electron chi connectivity index (χ3n) is 2.12. The molecule has 0 atom stereocenters. The summed E-state index contributed by atoms with van der Waals surface area (Å²) in [7, 11) is 2.00. The minimum absolute atomic E-state index is 0. The summed E-state index contributed by atoms with van der Waals surface area (Å²) in [5.74, 6) is 0. The molecule has 0 heterocycles. The maximum Gasteiger partial charge on any atom is 0.0557 e. The van der Waals surface area contributed by atoms with Crippen LogP contribution in [0.4, 0.5) is 0 Å². The fourth-order valence-corrected chi connectivity index (χ4v) is 1.82. The van der Waals surface area contributed by atoms with Gasteiger partial charge in [-0.1, -0.05) is 45.1 Å². The normalized spacial score (nSPS) is 14.2. The number of aliphatic hydroxyl groups excluding tert-OH is 3. The number of hydrogen-bond donors (Lipinski definition) is 3. The van der Waals surface area contributed by atoms with Gasteiger partial charge in [-0.25, -0.2) is 0 Å². The van der Waals surface area contributed by atoms with E-state index in [1.165, 1.54) is 0 Å². The van der Waals surface area contributed by atoms with Gasteiger partial charge in [-0.05, 0) is 11.8 Å². The van der Waals surface area contributed by atoms with E-state index in [9.17, 15) is 5.11 Å². The fraction of sp³-hybridized carbons (Fsp3) is 0.692. The molecule has 0 fully saturated rings. The molecule has 0 unspecified atom stereocenters. The Bertz CT molecular complexity index is 211. The van der Waals surface area contributed by atoms with Crippen LogP contribution in [0.2, 0.25) is 0 Å². The van der Waals surface area contributed by atoms with Crippen LogP contribution in [0.3, 0.4) is 0 Å². The van der Waals surface area contributed by atoms with E-state index >= 15 is 0 Å². The fourth-order valence-electron chi connectivity index (χ4n) is 1.82. The zero-order valence-electron chi connectivity index (χ0n) is 11.9. The molecule has 108 valence electrons. The summed E-state index contributed by atoms with van der Waals surface area (Å²) in [5.41, 5.74) is 0.181. The van der Waals surface area contributed by atoms with Gasteiger partial charge in [0.05, 0.1) is 6.61 Å². The average molecular weight is 298 g/mol. The average Bonchev–Trinajstić information content (AvgIpc) is 2.71. The summed E-state index contributed by atoms with van der Waals surface area (Å²) in [6.07, 6.45) is 9.23. The van der Waals surface area contributed by atoms with Gasteiger partial charge < -0.3 is 15.3 Å². The van der Waals surface area contributed by atoms with Crippen LogP contribution in [-0.2, 0) is 21.7 Å². The molecule has 3 nitrogen and oxygen atoms in total. The predicted molar refractivity (Wildman–Crippen MR) is 68.2 cm³/mol. The van der Waals surface area contributed by atoms with Gasteiger partial charge in [0, 0.05) is 47.5 Å². The standard InChI is InChI=1S/C11H18O.2CH4O.Ne.Ti/c1-10(2,3)8-11(9-12)6-4-5-7-11;2*1-2;;/h4-7,12H,8-9H2,1-3H3;2*2H,1H3;;. The van der Waals surface area contributed by atoms with Crippen LogP contribution in [-0.4, -0.2) is 36.1 Å². The molecular formula is C13H26NeO3Ti. The van der Waals surface area contributed by atoms with Crippen LogP contribution < -0.4 is 0 Å². The Labute approximate surface area is 126 Å². The van der Waals surface area contributed by atoms with E-state index in [0.29, 0.717) is 0 Å². The van der Waals surface area contributed by atoms with E-state index in [2.05, 4.69) is 32.9 Å². The Morgan fingerprint density at radius 2 is 1.28 bits per heavy atom. The molecular weight excluding hydrogens is 272 g/mol. The summed E-state index contributed by atoms with van der Waals surface area (Å²) in [5, 5.41) is 23.3. The molecule has 0 aliphatic heterocycles. The first-order valence-electron chi connectivity index (χ1n) is 5.35. The SMILES string of the molecule is CC(C)(C)CC1(CO)C=CC=C1.CO.CO.[Ne].[Ti]. The molecule has 1 rings (SSSR count). The van der Waals surface area contributed by atoms with Crippen LogP contribution in [0.1, 0.15) is 27.2 Å². The van der Waals surface area contributed by atoms with Gasteiger partial charge in [-0.2, -0.15) is 0 Å². The van der Waals surface area contributed by atoms with E-state index in [1.54, 1.807) is 0 Å². The van der Waals surface area contributed by atoms with Gasteiger partial charge in [0.2, 0.25) is 0 Å². The summed E-state index contributed by atoms with van der Waals surface area (Å²) in [6.45, 7) is 6.82. The van der Waals surface area contributed by atoms with Crippen molar-refractivity contribution in [3.8, 4) is 0 Å². The van der Waals surface area contributed by atoms with Gasteiger partial charge in [0.1, 0.15) is 0 Å². The van der Waals surface area contributed by atoms with Crippen molar-refractivity contribution in [2.24, 2.45) is 10.8 Å². The number of hydrogen-bond acceptors (Lipinski definition) is 3. The van der Waals surface area contributed by atoms with Crippen LogP contribution in [0.15, 0.2) is 24.3 Å². The maximum absolute atomic E-state index is 9.28. The van der Waals surface area contributed by atoms with E-state index in [-0.39, 0.29) is 45.3 Å². The summed E-state index contributed by atoms with van der Waals surface area (Å²) in [4.78, 5) is 0. The minimum Gasteiger partial charge on any atom is -0.400 e. The quantitative estimate of drug-likeness (QED) is 0.681. The van der Waals surface area contributed by atoms with Crippen molar-refractivity contribution in [1.82, 2.24) is 0 Å². The van der Waals surface area contributed by atoms with Gasteiger partial charge >= 0.3 is 0 Å². The van der Waals surface area contributed by atoms with Gasteiger partial charge in [0.25, 0.3) is 0 Å². The minimum atomic E-state index is -0.0851. The monoisotopic (exact) mass is 298 g/mol. The number of rotatable bonds is 2. The molecule has 0 spiro atoms. The van der Waals surface area contributed by atoms with E-state index in [4.69, 9.17) is 10.2 Å². The summed E-state index contributed by atoms with van der Waals surface area (Å²) in [6, 6.07) is 0. The zero-order valence-corrected chi connectivity index (χ0v) is 13.5. The molecule has 0 aromatic heterocycles. The Hall–Kier alpha value is -0.0166. The van der Waals surface area contributed by atoms with Gasteiger partial charge in [-0.15, -0.1) is 0 Å². The first-order valence-corrected chi connectivity index (χ1v) is 5.35. The van der Waals surface area contributed by atoms with Crippen molar-refractivity contribution in [3.05, 3.63) is 24.3 Å². The molecule has 0 amide bonds. The van der Waals surface area contributed by atoms with E-state index in [0.717, 1.165) is 20.6 Å². The molecule has 0 saturated carbocycles. The largest absolute Gasteiger partial charge is 0.400 e. The van der Waals surface area contributed by atoms with Crippen molar-refractivity contribution in [2.45, 2.75) is 27.2 Å². The molecule has 0 aromatic rings. The second-order valence-corrected chi connectivity index (χ2v) is 4.85. The maximum atomic E-state index is 9.28. The van der Waals surface area contributed by atoms with Crippen LogP contribution in [0.5, 0.6) is 0 Å². The van der Waals surface area contributed by atoms with Crippen molar-refractivity contribution >= 4 is 0 Å². The molecule has 0 radical (unpaired) electrons. The Balaban J connectivity index is -0.000000149. The molecule has 0 aromatic carbocycles. The van der Waals surface area contributed by atoms with Crippen molar-refractivity contribution in [2.75, 3.05) is 20.8 Å². The second kappa shape index (κ2) is 13.4. The first kappa shape index (κ1) is 26.5. The molecule has 3 N–H and O–H groups in total. The van der Waals surface area contributed by atoms with Gasteiger partial charge in [-0.3, -0.25) is 0 Å². The van der Waals surface area contributed by atoms with E-state index in [1.807, 2.05) is 12.2 Å². The Morgan fingerprint density at radius 1 is 0.944 bits per heavy atom. The van der Waals surface area contributed by atoms with Crippen LogP contribution >= 0.6 is 0 Å². The summed E-state index contributed by atoms with van der Waals surface area (Å²) >= 11 is 0. The molecule has 1 aliphatic carbocycles. The predicted octanol–water partition coefficient (Wildman–Crippen LogP) is 1.74.